The van der Waals surface area contributed by atoms with Gasteiger partial charge >= 0.3 is 0 Å². The maximum atomic E-state index is 12.0. The van der Waals surface area contributed by atoms with Gasteiger partial charge in [-0.1, -0.05) is 18.2 Å². The van der Waals surface area contributed by atoms with E-state index in [0.29, 0.717) is 30.4 Å². The highest BCUT2D eigenvalue weighted by molar-refractivity contribution is 6.34. The molecule has 0 amide bonds. The van der Waals surface area contributed by atoms with Gasteiger partial charge in [-0.2, -0.15) is 0 Å². The van der Waals surface area contributed by atoms with Gasteiger partial charge in [-0.25, -0.2) is 9.98 Å². The molecule has 0 spiro atoms. The molecule has 3 heterocycles. The number of methoxy groups -OCH3 is 1. The Balaban J connectivity index is 1.30. The number of anilines is 3. The van der Waals surface area contributed by atoms with Gasteiger partial charge in [-0.15, -0.1) is 0 Å². The zero-order chi connectivity index (χ0) is 26.1. The molecular formula is C27H29N7O3. The van der Waals surface area contributed by atoms with Crippen molar-refractivity contribution in [2.24, 2.45) is 9.98 Å². The Hall–Kier alpha value is -4.31. The fourth-order valence-electron chi connectivity index (χ4n) is 4.84. The van der Waals surface area contributed by atoms with E-state index in [1.54, 1.807) is 13.2 Å². The number of nitrogens with zero attached hydrogens (tertiary/aromatic N) is 6. The van der Waals surface area contributed by atoms with E-state index in [4.69, 9.17) is 15.5 Å². The molecule has 0 radical (unpaired) electrons. The zero-order valence-electron chi connectivity index (χ0n) is 21.1. The van der Waals surface area contributed by atoms with Gasteiger partial charge in [0, 0.05) is 51.7 Å². The minimum Gasteiger partial charge on any atom is -0.491 e. The summed E-state index contributed by atoms with van der Waals surface area (Å²) in [7, 11) is 3.18. The van der Waals surface area contributed by atoms with Gasteiger partial charge in [0.25, 0.3) is 10.9 Å². The molecular weight excluding hydrogens is 470 g/mol. The number of aromatic nitrogens is 1. The lowest BCUT2D eigenvalue weighted by molar-refractivity contribution is 0.248. The fraction of sp³-hybridized carbons (Fsp3) is 0.296. The minimum absolute atomic E-state index is 0.183. The van der Waals surface area contributed by atoms with Crippen molar-refractivity contribution < 1.29 is 4.74 Å². The molecule has 2 aliphatic rings. The molecule has 1 aromatic heterocycles. The van der Waals surface area contributed by atoms with Crippen LogP contribution in [0, 0.1) is 0 Å². The molecule has 5 rings (SSSR count). The van der Waals surface area contributed by atoms with Gasteiger partial charge in [-0.05, 0) is 36.8 Å². The Bertz CT molecular complexity index is 1470. The molecule has 10 nitrogen and oxygen atoms in total. The number of ether oxygens (including phenoxy) is 1. The average Bonchev–Trinajstić information content (AvgIpc) is 3.31. The van der Waals surface area contributed by atoms with Crippen LogP contribution in [0.1, 0.15) is 18.1 Å². The van der Waals surface area contributed by atoms with Crippen LogP contribution in [0.25, 0.3) is 0 Å². The summed E-state index contributed by atoms with van der Waals surface area (Å²) in [5.41, 5.74) is 9.25. The van der Waals surface area contributed by atoms with Crippen LogP contribution in [-0.2, 0) is 6.54 Å². The van der Waals surface area contributed by atoms with Gasteiger partial charge in [-0.3, -0.25) is 24.4 Å². The van der Waals surface area contributed by atoms with Crippen molar-refractivity contribution in [3.05, 3.63) is 85.9 Å². The Morgan fingerprint density at radius 3 is 2.43 bits per heavy atom. The summed E-state index contributed by atoms with van der Waals surface area (Å²) in [5, 5.41) is 0. The van der Waals surface area contributed by atoms with Crippen molar-refractivity contribution >= 4 is 28.9 Å². The van der Waals surface area contributed by atoms with Gasteiger partial charge in [0.05, 0.1) is 12.7 Å². The van der Waals surface area contributed by atoms with Gasteiger partial charge in [0.15, 0.2) is 17.4 Å². The van der Waals surface area contributed by atoms with E-state index in [2.05, 4.69) is 39.1 Å². The summed E-state index contributed by atoms with van der Waals surface area (Å²) in [4.78, 5) is 43.5. The van der Waals surface area contributed by atoms with Crippen LogP contribution in [0.2, 0.25) is 0 Å². The summed E-state index contributed by atoms with van der Waals surface area (Å²) in [6.07, 6.45) is 3.59. The molecule has 3 aromatic rings. The molecule has 0 saturated carbocycles. The summed E-state index contributed by atoms with van der Waals surface area (Å²) in [6.45, 7) is 5.62. The fourth-order valence-corrected chi connectivity index (χ4v) is 4.84. The van der Waals surface area contributed by atoms with Crippen molar-refractivity contribution in [1.29, 1.82) is 0 Å². The molecule has 0 aliphatic carbocycles. The quantitative estimate of drug-likeness (QED) is 0.511. The molecule has 2 aromatic carbocycles. The second kappa shape index (κ2) is 9.98. The first-order valence-corrected chi connectivity index (χ1v) is 12.1. The van der Waals surface area contributed by atoms with E-state index in [-0.39, 0.29) is 5.75 Å². The predicted octanol–water partition coefficient (Wildman–Crippen LogP) is 1.79. The highest BCUT2D eigenvalue weighted by Gasteiger charge is 2.32. The largest absolute Gasteiger partial charge is 0.491 e. The Morgan fingerprint density at radius 1 is 1.08 bits per heavy atom. The standard InChI is InChI=1S/C27H29N7O3/c1-4-20-27(29-2)34(26(31-20)19-6-5-11-30-25(19)28)18-9-7-17(8-10-18)16-32-12-14-33(15-13-32)21-22(35)23(36)24(21)37-3/h4-11H,12-16H2,1-3H3,(H2,28,30)/b20-4+,29-27?. The van der Waals surface area contributed by atoms with Gasteiger partial charge < -0.3 is 15.4 Å². The Morgan fingerprint density at radius 2 is 1.81 bits per heavy atom. The first-order chi connectivity index (χ1) is 18.0. The van der Waals surface area contributed by atoms with Gasteiger partial charge in [0.1, 0.15) is 17.2 Å². The number of piperazine rings is 1. The molecule has 1 fully saturated rings. The van der Waals surface area contributed by atoms with E-state index in [9.17, 15) is 9.59 Å². The minimum atomic E-state index is -0.532. The lowest BCUT2D eigenvalue weighted by Gasteiger charge is -2.36. The number of nitrogens with two attached hydrogens (primary N) is 1. The number of hydrogen-bond donors (Lipinski definition) is 1. The molecule has 0 bridgehead atoms. The molecule has 0 atom stereocenters. The lowest BCUT2D eigenvalue weighted by Crippen LogP contribution is -2.50. The van der Waals surface area contributed by atoms with Crippen molar-refractivity contribution in [2.45, 2.75) is 13.5 Å². The molecule has 2 N–H and O–H groups in total. The number of nitrogen functional groups attached to an aromatic ring is 1. The summed E-state index contributed by atoms with van der Waals surface area (Å²) < 4.78 is 5.10. The first-order valence-electron chi connectivity index (χ1n) is 12.1. The average molecular weight is 500 g/mol. The number of hydrogen-bond acceptors (Lipinski definition) is 9. The van der Waals surface area contributed by atoms with E-state index >= 15 is 0 Å². The molecule has 2 aliphatic heterocycles. The smallest absolute Gasteiger partial charge is 0.272 e. The van der Waals surface area contributed by atoms with Crippen LogP contribution in [0.5, 0.6) is 5.75 Å². The van der Waals surface area contributed by atoms with Crippen LogP contribution in [0.15, 0.2) is 73.9 Å². The normalized spacial score (nSPS) is 18.7. The maximum absolute atomic E-state index is 12.0. The van der Waals surface area contributed by atoms with Crippen LogP contribution in [-0.4, -0.2) is 61.9 Å². The van der Waals surface area contributed by atoms with Gasteiger partial charge in [0.2, 0.25) is 0 Å². The molecule has 1 saturated heterocycles. The predicted molar refractivity (Wildman–Crippen MR) is 147 cm³/mol. The SMILES string of the molecule is C/C=C1/N=C(c2cccnc2N)N(c2ccc(CN3CCN(c4c(OC)c(=O)c4=O)CC3)cc2)C1=NC. The second-order valence-corrected chi connectivity index (χ2v) is 8.90. The van der Waals surface area contributed by atoms with E-state index in [0.717, 1.165) is 42.4 Å². The molecule has 0 unspecified atom stereocenters. The molecule has 10 heteroatoms. The van der Waals surface area contributed by atoms with Crippen LogP contribution >= 0.6 is 0 Å². The van der Waals surface area contributed by atoms with Crippen LogP contribution < -0.4 is 31.1 Å². The van der Waals surface area contributed by atoms with E-state index < -0.39 is 10.9 Å². The van der Waals surface area contributed by atoms with Crippen molar-refractivity contribution in [3.63, 3.8) is 0 Å². The maximum Gasteiger partial charge on any atom is 0.272 e. The number of rotatable bonds is 6. The van der Waals surface area contributed by atoms with Crippen LogP contribution in [0.4, 0.5) is 17.2 Å². The number of allylic oxidation sites excluding steroid dienone is 1. The second-order valence-electron chi connectivity index (χ2n) is 8.90. The number of aliphatic imine (C=N–C) groups is 2. The summed E-state index contributed by atoms with van der Waals surface area (Å²) >= 11 is 0. The van der Waals surface area contributed by atoms with Crippen LogP contribution in [0.3, 0.4) is 0 Å². The summed E-state index contributed by atoms with van der Waals surface area (Å²) in [6, 6.07) is 12.1. The van der Waals surface area contributed by atoms with Crippen molar-refractivity contribution in [2.75, 3.05) is 55.9 Å². The Labute approximate surface area is 214 Å². The monoisotopic (exact) mass is 499 g/mol. The Kier molecular flexibility index (Phi) is 6.58. The zero-order valence-corrected chi connectivity index (χ0v) is 21.1. The van der Waals surface area contributed by atoms with Crippen molar-refractivity contribution in [1.82, 2.24) is 9.88 Å². The first kappa shape index (κ1) is 24.4. The van der Waals surface area contributed by atoms with Crippen molar-refractivity contribution in [3.8, 4) is 5.75 Å². The third-order valence-electron chi connectivity index (χ3n) is 6.78. The summed E-state index contributed by atoms with van der Waals surface area (Å²) in [5.74, 6) is 2.04. The lowest BCUT2D eigenvalue weighted by atomic mass is 10.1. The topological polar surface area (TPSA) is 117 Å². The number of amidine groups is 2. The molecule has 190 valence electrons. The van der Waals surface area contributed by atoms with E-state index in [1.807, 2.05) is 34.9 Å². The third kappa shape index (κ3) is 4.29. The highest BCUT2D eigenvalue weighted by Crippen LogP contribution is 2.29. The van der Waals surface area contributed by atoms with E-state index in [1.165, 1.54) is 12.7 Å². The third-order valence-corrected chi connectivity index (χ3v) is 6.78. The number of pyridine rings is 1. The highest BCUT2D eigenvalue weighted by atomic mass is 16.5. The molecule has 37 heavy (non-hydrogen) atoms. The number of benzene rings is 1.